The maximum atomic E-state index is 12.0. The van der Waals surface area contributed by atoms with Crippen molar-refractivity contribution in [1.82, 2.24) is 4.98 Å². The summed E-state index contributed by atoms with van der Waals surface area (Å²) < 4.78 is 5.20. The molecule has 1 amide bonds. The number of aromatic nitrogens is 1. The zero-order valence-electron chi connectivity index (χ0n) is 13.2. The van der Waals surface area contributed by atoms with Crippen molar-refractivity contribution in [3.05, 3.63) is 65.7 Å². The van der Waals surface area contributed by atoms with E-state index in [0.29, 0.717) is 0 Å². The standard InChI is InChI=1S/C18H17N3O2S/c1-23-16-9-5-8-14(10-16)20-18-21-15(12-24-18)11-17(22)19-13-6-3-2-4-7-13/h2-10,12H,11H2,1H3,(H,19,22)(H,20,21). The van der Waals surface area contributed by atoms with Crippen LogP contribution in [0.2, 0.25) is 0 Å². The Hall–Kier alpha value is -2.86. The summed E-state index contributed by atoms with van der Waals surface area (Å²) in [7, 11) is 1.63. The number of benzene rings is 2. The molecule has 0 aliphatic carbocycles. The molecule has 1 heterocycles. The van der Waals surface area contributed by atoms with Crippen LogP contribution in [0.15, 0.2) is 60.0 Å². The van der Waals surface area contributed by atoms with Gasteiger partial charge in [-0.05, 0) is 24.3 Å². The lowest BCUT2D eigenvalue weighted by molar-refractivity contribution is -0.115. The highest BCUT2D eigenvalue weighted by Gasteiger charge is 2.08. The third-order valence-corrected chi connectivity index (χ3v) is 4.08. The molecule has 5 nitrogen and oxygen atoms in total. The molecule has 0 spiro atoms. The van der Waals surface area contributed by atoms with Gasteiger partial charge in [0.05, 0.1) is 19.2 Å². The summed E-state index contributed by atoms with van der Waals surface area (Å²) in [5.41, 5.74) is 2.41. The van der Waals surface area contributed by atoms with E-state index in [1.807, 2.05) is 60.0 Å². The number of nitrogens with one attached hydrogen (secondary N) is 2. The number of rotatable bonds is 6. The lowest BCUT2D eigenvalue weighted by Gasteiger charge is -2.05. The Bertz CT molecular complexity index is 818. The maximum Gasteiger partial charge on any atom is 0.230 e. The van der Waals surface area contributed by atoms with Crippen molar-refractivity contribution in [1.29, 1.82) is 0 Å². The van der Waals surface area contributed by atoms with Crippen molar-refractivity contribution in [2.45, 2.75) is 6.42 Å². The molecule has 0 saturated carbocycles. The highest BCUT2D eigenvalue weighted by Crippen LogP contribution is 2.24. The van der Waals surface area contributed by atoms with E-state index >= 15 is 0 Å². The van der Waals surface area contributed by atoms with Crippen molar-refractivity contribution in [3.8, 4) is 5.75 Å². The van der Waals surface area contributed by atoms with Crippen molar-refractivity contribution >= 4 is 33.8 Å². The van der Waals surface area contributed by atoms with E-state index in [0.717, 1.165) is 27.9 Å². The first kappa shape index (κ1) is 16.0. The van der Waals surface area contributed by atoms with Crippen LogP contribution < -0.4 is 15.4 Å². The molecular weight excluding hydrogens is 322 g/mol. The van der Waals surface area contributed by atoms with E-state index in [1.54, 1.807) is 7.11 Å². The lowest BCUT2D eigenvalue weighted by atomic mass is 10.3. The van der Waals surface area contributed by atoms with Gasteiger partial charge in [-0.2, -0.15) is 0 Å². The zero-order valence-corrected chi connectivity index (χ0v) is 14.0. The molecule has 1 aromatic heterocycles. The van der Waals surface area contributed by atoms with Gasteiger partial charge < -0.3 is 15.4 Å². The van der Waals surface area contributed by atoms with Gasteiger partial charge in [-0.15, -0.1) is 11.3 Å². The van der Waals surface area contributed by atoms with Gasteiger partial charge in [0.25, 0.3) is 0 Å². The summed E-state index contributed by atoms with van der Waals surface area (Å²) in [5, 5.41) is 8.69. The van der Waals surface area contributed by atoms with Crippen molar-refractivity contribution < 1.29 is 9.53 Å². The monoisotopic (exact) mass is 339 g/mol. The summed E-state index contributed by atoms with van der Waals surface area (Å²) >= 11 is 1.46. The molecule has 3 aromatic rings. The second-order valence-electron chi connectivity index (χ2n) is 5.09. The van der Waals surface area contributed by atoms with E-state index in [4.69, 9.17) is 4.74 Å². The van der Waals surface area contributed by atoms with Crippen LogP contribution in [-0.2, 0) is 11.2 Å². The minimum Gasteiger partial charge on any atom is -0.497 e. The molecule has 0 saturated heterocycles. The van der Waals surface area contributed by atoms with Gasteiger partial charge in [-0.3, -0.25) is 4.79 Å². The Morgan fingerprint density at radius 3 is 2.71 bits per heavy atom. The Kier molecular flexibility index (Phi) is 5.08. The Balaban J connectivity index is 1.60. The van der Waals surface area contributed by atoms with Gasteiger partial charge in [0.15, 0.2) is 5.13 Å². The predicted octanol–water partition coefficient (Wildman–Crippen LogP) is 4.08. The molecule has 6 heteroatoms. The molecule has 0 aliphatic rings. The highest BCUT2D eigenvalue weighted by molar-refractivity contribution is 7.13. The van der Waals surface area contributed by atoms with Crippen molar-refractivity contribution in [2.75, 3.05) is 17.7 Å². The fourth-order valence-corrected chi connectivity index (χ4v) is 2.89. The van der Waals surface area contributed by atoms with Gasteiger partial charge >= 0.3 is 0 Å². The third kappa shape index (κ3) is 4.33. The van der Waals surface area contributed by atoms with Gasteiger partial charge in [-0.25, -0.2) is 4.98 Å². The van der Waals surface area contributed by atoms with E-state index in [9.17, 15) is 4.79 Å². The third-order valence-electron chi connectivity index (χ3n) is 3.27. The van der Waals surface area contributed by atoms with Gasteiger partial charge in [0.1, 0.15) is 5.75 Å². The minimum absolute atomic E-state index is 0.0839. The van der Waals surface area contributed by atoms with E-state index in [1.165, 1.54) is 11.3 Å². The molecule has 0 fully saturated rings. The second kappa shape index (κ2) is 7.61. The van der Waals surface area contributed by atoms with Crippen LogP contribution in [0.4, 0.5) is 16.5 Å². The van der Waals surface area contributed by atoms with Gasteiger partial charge in [0, 0.05) is 22.8 Å². The predicted molar refractivity (Wildman–Crippen MR) is 97.2 cm³/mol. The van der Waals surface area contributed by atoms with Gasteiger partial charge in [-0.1, -0.05) is 24.3 Å². The number of methoxy groups -OCH3 is 1. The first-order valence-corrected chi connectivity index (χ1v) is 8.31. The highest BCUT2D eigenvalue weighted by atomic mass is 32.1. The fraction of sp³-hybridized carbons (Fsp3) is 0.111. The van der Waals surface area contributed by atoms with E-state index < -0.39 is 0 Å². The van der Waals surface area contributed by atoms with Crippen LogP contribution in [0.5, 0.6) is 5.75 Å². The normalized spacial score (nSPS) is 10.2. The SMILES string of the molecule is COc1cccc(Nc2nc(CC(=O)Nc3ccccc3)cs2)c1. The minimum atomic E-state index is -0.0839. The number of amides is 1. The fourth-order valence-electron chi connectivity index (χ4n) is 2.16. The number of thiazole rings is 1. The van der Waals surface area contributed by atoms with Crippen LogP contribution >= 0.6 is 11.3 Å². The molecule has 24 heavy (non-hydrogen) atoms. The van der Waals surface area contributed by atoms with Gasteiger partial charge in [0.2, 0.25) is 5.91 Å². The van der Waals surface area contributed by atoms with Crippen LogP contribution in [0, 0.1) is 0 Å². The molecule has 0 radical (unpaired) electrons. The number of para-hydroxylation sites is 1. The lowest BCUT2D eigenvalue weighted by Crippen LogP contribution is -2.14. The van der Waals surface area contributed by atoms with Crippen LogP contribution in [0.25, 0.3) is 0 Å². The molecule has 2 aromatic carbocycles. The molecule has 2 N–H and O–H groups in total. The second-order valence-corrected chi connectivity index (χ2v) is 5.95. The molecule has 0 aliphatic heterocycles. The number of hydrogen-bond donors (Lipinski definition) is 2. The van der Waals surface area contributed by atoms with Crippen molar-refractivity contribution in [3.63, 3.8) is 0 Å². The molecular formula is C18H17N3O2S. The van der Waals surface area contributed by atoms with E-state index in [-0.39, 0.29) is 12.3 Å². The zero-order chi connectivity index (χ0) is 16.8. The van der Waals surface area contributed by atoms with E-state index in [2.05, 4.69) is 15.6 Å². The number of hydrogen-bond acceptors (Lipinski definition) is 5. The largest absolute Gasteiger partial charge is 0.497 e. The average molecular weight is 339 g/mol. The number of carbonyl (C=O) groups is 1. The van der Waals surface area contributed by atoms with Crippen molar-refractivity contribution in [2.24, 2.45) is 0 Å². The number of ether oxygens (including phenoxy) is 1. The average Bonchev–Trinajstić information content (AvgIpc) is 3.02. The Morgan fingerprint density at radius 2 is 1.92 bits per heavy atom. The molecule has 0 unspecified atom stereocenters. The number of carbonyl (C=O) groups excluding carboxylic acids is 1. The first-order valence-electron chi connectivity index (χ1n) is 7.43. The Labute approximate surface area is 144 Å². The summed E-state index contributed by atoms with van der Waals surface area (Å²) in [6.07, 6.45) is 0.241. The molecule has 0 atom stereocenters. The summed E-state index contributed by atoms with van der Waals surface area (Å²) in [6.45, 7) is 0. The number of nitrogens with zero attached hydrogens (tertiary/aromatic N) is 1. The smallest absolute Gasteiger partial charge is 0.230 e. The van der Waals surface area contributed by atoms with Crippen LogP contribution in [0.1, 0.15) is 5.69 Å². The summed E-state index contributed by atoms with van der Waals surface area (Å²) in [5.74, 6) is 0.693. The summed E-state index contributed by atoms with van der Waals surface area (Å²) in [6, 6.07) is 17.0. The molecule has 0 bridgehead atoms. The summed E-state index contributed by atoms with van der Waals surface area (Å²) in [4.78, 5) is 16.5. The van der Waals surface area contributed by atoms with Crippen LogP contribution in [0.3, 0.4) is 0 Å². The van der Waals surface area contributed by atoms with Crippen LogP contribution in [-0.4, -0.2) is 18.0 Å². The first-order chi connectivity index (χ1) is 11.7. The molecule has 3 rings (SSSR count). The quantitative estimate of drug-likeness (QED) is 0.710. The topological polar surface area (TPSA) is 63.2 Å². The number of anilines is 3. The molecule has 122 valence electrons. The maximum absolute atomic E-state index is 12.0. The Morgan fingerprint density at radius 1 is 1.12 bits per heavy atom.